The summed E-state index contributed by atoms with van der Waals surface area (Å²) in [7, 11) is 0. The molecule has 1 atom stereocenters. The second-order valence-electron chi connectivity index (χ2n) is 5.29. The van der Waals surface area contributed by atoms with Gasteiger partial charge in [0.2, 0.25) is 6.04 Å². The van der Waals surface area contributed by atoms with Crippen LogP contribution in [-0.2, 0) is 15.3 Å². The van der Waals surface area contributed by atoms with E-state index in [0.717, 1.165) is 11.1 Å². The van der Waals surface area contributed by atoms with Crippen LogP contribution in [0.4, 0.5) is 0 Å². The number of hydrogen-bond donors (Lipinski definition) is 1. The van der Waals surface area contributed by atoms with Gasteiger partial charge in [-0.25, -0.2) is 0 Å². The molecule has 4 nitrogen and oxygen atoms in total. The van der Waals surface area contributed by atoms with Gasteiger partial charge in [0.15, 0.2) is 18.2 Å². The SMILES string of the molecule is CC1(c2ccc[n+]([C@@H](CO)c3ccccc3)c2)OCCO1.[Cl-]. The highest BCUT2D eigenvalue weighted by Crippen LogP contribution is 2.29. The molecule has 1 aromatic heterocycles. The van der Waals surface area contributed by atoms with Crippen molar-refractivity contribution in [3.05, 3.63) is 66.0 Å². The smallest absolute Gasteiger partial charge is 0.206 e. The second kappa shape index (κ2) is 7.20. The van der Waals surface area contributed by atoms with Crippen molar-refractivity contribution >= 4 is 0 Å². The van der Waals surface area contributed by atoms with Crippen LogP contribution in [0.15, 0.2) is 54.9 Å². The van der Waals surface area contributed by atoms with E-state index in [0.29, 0.717) is 13.2 Å². The largest absolute Gasteiger partial charge is 1.00 e. The molecule has 0 amide bonds. The summed E-state index contributed by atoms with van der Waals surface area (Å²) < 4.78 is 13.4. The lowest BCUT2D eigenvalue weighted by Crippen LogP contribution is -3.00. The number of pyridine rings is 1. The average Bonchev–Trinajstić information content (AvgIpc) is 2.98. The molecule has 3 rings (SSSR count). The molecule has 0 saturated carbocycles. The van der Waals surface area contributed by atoms with Gasteiger partial charge in [-0.1, -0.05) is 30.3 Å². The molecule has 0 spiro atoms. The van der Waals surface area contributed by atoms with Crippen LogP contribution in [0.3, 0.4) is 0 Å². The maximum Gasteiger partial charge on any atom is 0.206 e. The third-order valence-corrected chi connectivity index (χ3v) is 3.90. The number of aromatic nitrogens is 1. The first-order chi connectivity index (χ1) is 10.2. The first kappa shape index (κ1) is 16.9. The molecule has 0 radical (unpaired) electrons. The van der Waals surface area contributed by atoms with Gasteiger partial charge in [0, 0.05) is 11.6 Å². The normalized spacial score (nSPS) is 17.7. The molecule has 2 aromatic rings. The average molecular weight is 322 g/mol. The standard InChI is InChI=1S/C17H20NO3.ClH/c1-17(20-10-11-21-17)15-8-5-9-18(12-15)16(13-19)14-6-3-2-4-7-14;/h2-9,12,16,19H,10-11,13H2,1H3;1H/q+1;/p-1/t16-;/m0./s1. The minimum Gasteiger partial charge on any atom is -1.00 e. The Morgan fingerprint density at radius 1 is 1.14 bits per heavy atom. The maximum absolute atomic E-state index is 9.77. The minimum absolute atomic E-state index is 0. The molecule has 1 aliphatic rings. The Morgan fingerprint density at radius 2 is 1.82 bits per heavy atom. The van der Waals surface area contributed by atoms with E-state index in [2.05, 4.69) is 0 Å². The number of halogens is 1. The fourth-order valence-electron chi connectivity index (χ4n) is 2.68. The summed E-state index contributed by atoms with van der Waals surface area (Å²) in [5, 5.41) is 9.77. The number of aliphatic hydroxyl groups excluding tert-OH is 1. The fourth-order valence-corrected chi connectivity index (χ4v) is 2.68. The number of ether oxygens (including phenoxy) is 2. The van der Waals surface area contributed by atoms with Crippen molar-refractivity contribution in [3.8, 4) is 0 Å². The van der Waals surface area contributed by atoms with Crippen molar-refractivity contribution < 1.29 is 31.6 Å². The van der Waals surface area contributed by atoms with Gasteiger partial charge >= 0.3 is 0 Å². The lowest BCUT2D eigenvalue weighted by molar-refractivity contribution is -0.716. The molecule has 2 heterocycles. The van der Waals surface area contributed by atoms with Crippen molar-refractivity contribution in [1.29, 1.82) is 0 Å². The minimum atomic E-state index is -0.695. The first-order valence-corrected chi connectivity index (χ1v) is 7.18. The van der Waals surface area contributed by atoms with Gasteiger partial charge in [-0.05, 0) is 13.0 Å². The van der Waals surface area contributed by atoms with Crippen LogP contribution >= 0.6 is 0 Å². The molecule has 5 heteroatoms. The molecule has 1 N–H and O–H groups in total. The predicted molar refractivity (Wildman–Crippen MR) is 77.6 cm³/mol. The highest BCUT2D eigenvalue weighted by molar-refractivity contribution is 5.18. The first-order valence-electron chi connectivity index (χ1n) is 7.18. The van der Waals surface area contributed by atoms with E-state index in [1.165, 1.54) is 0 Å². The van der Waals surface area contributed by atoms with Gasteiger partial charge in [-0.2, -0.15) is 4.57 Å². The van der Waals surface area contributed by atoms with Crippen molar-refractivity contribution in [2.24, 2.45) is 0 Å². The van der Waals surface area contributed by atoms with Crippen LogP contribution < -0.4 is 17.0 Å². The molecule has 0 unspecified atom stereocenters. The maximum atomic E-state index is 9.77. The van der Waals surface area contributed by atoms with E-state index in [4.69, 9.17) is 9.47 Å². The van der Waals surface area contributed by atoms with E-state index in [9.17, 15) is 5.11 Å². The Balaban J connectivity index is 0.00000176. The molecule has 1 aromatic carbocycles. The third-order valence-electron chi connectivity index (χ3n) is 3.90. The summed E-state index contributed by atoms with van der Waals surface area (Å²) in [4.78, 5) is 0. The van der Waals surface area contributed by atoms with Crippen LogP contribution in [0.2, 0.25) is 0 Å². The highest BCUT2D eigenvalue weighted by Gasteiger charge is 2.35. The number of benzene rings is 1. The number of aliphatic hydroxyl groups is 1. The predicted octanol–water partition coefficient (Wildman–Crippen LogP) is -1.22. The molecule has 1 saturated heterocycles. The third kappa shape index (κ3) is 3.31. The van der Waals surface area contributed by atoms with Crippen molar-refractivity contribution in [3.63, 3.8) is 0 Å². The van der Waals surface area contributed by atoms with Crippen molar-refractivity contribution in [2.75, 3.05) is 19.8 Å². The van der Waals surface area contributed by atoms with Crippen LogP contribution in [0.1, 0.15) is 24.1 Å². The lowest BCUT2D eigenvalue weighted by atomic mass is 10.1. The Hall–Kier alpha value is -1.46. The number of hydrogen-bond acceptors (Lipinski definition) is 3. The van der Waals surface area contributed by atoms with Crippen molar-refractivity contribution in [1.82, 2.24) is 0 Å². The van der Waals surface area contributed by atoms with Gasteiger partial charge in [0.1, 0.15) is 6.61 Å². The summed E-state index contributed by atoms with van der Waals surface area (Å²) in [6.07, 6.45) is 3.94. The summed E-state index contributed by atoms with van der Waals surface area (Å²) in [6.45, 7) is 3.17. The number of rotatable bonds is 4. The van der Waals surface area contributed by atoms with Gasteiger partial charge in [0.25, 0.3) is 0 Å². The van der Waals surface area contributed by atoms with Gasteiger partial charge < -0.3 is 27.0 Å². The number of nitrogens with zero attached hydrogens (tertiary/aromatic N) is 1. The fraction of sp³-hybridized carbons (Fsp3) is 0.353. The highest BCUT2D eigenvalue weighted by atomic mass is 35.5. The van der Waals surface area contributed by atoms with Crippen molar-refractivity contribution in [2.45, 2.75) is 18.8 Å². The zero-order chi connectivity index (χ0) is 14.7. The quantitative estimate of drug-likeness (QED) is 0.718. The van der Waals surface area contributed by atoms with Gasteiger partial charge in [-0.15, -0.1) is 0 Å². The zero-order valence-corrected chi connectivity index (χ0v) is 13.2. The molecule has 22 heavy (non-hydrogen) atoms. The molecule has 1 aliphatic heterocycles. The van der Waals surface area contributed by atoms with Gasteiger partial charge in [0.05, 0.1) is 18.8 Å². The topological polar surface area (TPSA) is 42.6 Å². The van der Waals surface area contributed by atoms with E-state index >= 15 is 0 Å². The van der Waals surface area contributed by atoms with E-state index in [-0.39, 0.29) is 25.1 Å². The Kier molecular flexibility index (Phi) is 5.53. The molecular formula is C17H20ClNO3. The summed E-state index contributed by atoms with van der Waals surface area (Å²) in [5.41, 5.74) is 2.03. The molecule has 0 aliphatic carbocycles. The van der Waals surface area contributed by atoms with Crippen LogP contribution in [0, 0.1) is 0 Å². The monoisotopic (exact) mass is 321 g/mol. The second-order valence-corrected chi connectivity index (χ2v) is 5.29. The summed E-state index contributed by atoms with van der Waals surface area (Å²) in [6, 6.07) is 13.8. The molecular weight excluding hydrogens is 302 g/mol. The van der Waals surface area contributed by atoms with E-state index in [1.54, 1.807) is 0 Å². The Bertz CT molecular complexity index is 600. The molecule has 1 fully saturated rings. The molecule has 0 bridgehead atoms. The lowest BCUT2D eigenvalue weighted by Gasteiger charge is -2.22. The zero-order valence-electron chi connectivity index (χ0n) is 12.5. The Morgan fingerprint density at radius 3 is 2.45 bits per heavy atom. The van der Waals surface area contributed by atoms with Gasteiger partial charge in [-0.3, -0.25) is 0 Å². The summed E-state index contributed by atoms with van der Waals surface area (Å²) in [5.74, 6) is -0.695. The Labute approximate surface area is 136 Å². The van der Waals surface area contributed by atoms with Crippen LogP contribution in [0.5, 0.6) is 0 Å². The van der Waals surface area contributed by atoms with Crippen LogP contribution in [-0.4, -0.2) is 24.9 Å². The molecule has 118 valence electrons. The summed E-state index contributed by atoms with van der Waals surface area (Å²) >= 11 is 0. The van der Waals surface area contributed by atoms with E-state index in [1.807, 2.05) is 66.3 Å². The van der Waals surface area contributed by atoms with Crippen LogP contribution in [0.25, 0.3) is 0 Å². The van der Waals surface area contributed by atoms with E-state index < -0.39 is 5.79 Å².